The molecule has 0 bridgehead atoms. The molecule has 7 atom stereocenters. The van der Waals surface area contributed by atoms with Gasteiger partial charge in [-0.05, 0) is 83.5 Å². The van der Waals surface area contributed by atoms with Gasteiger partial charge in [-0.15, -0.1) is 0 Å². The fraction of sp³-hybridized carbons (Fsp3) is 0.679. The molecule has 1 fully saturated rings. The second-order valence-electron chi connectivity index (χ2n) is 16.5. The van der Waals surface area contributed by atoms with E-state index in [1.165, 1.54) is 77.0 Å². The Balaban J connectivity index is 2.41. The molecule has 0 spiro atoms. The third-order valence-corrected chi connectivity index (χ3v) is 10.9. The smallest absolute Gasteiger partial charge is 0.220 e. The van der Waals surface area contributed by atoms with Gasteiger partial charge in [0.25, 0.3) is 0 Å². The standard InChI is InChI=1S/C53H89NO8/c1-3-5-7-9-11-13-15-17-19-21-23-24-25-27-29-31-33-35-37-39-41-43-49(57)54-46(45-61-53-52(60)51(59)50(58)48(44-55)62-53)47(56)42-40-38-36-34-32-30-28-26-22-20-18-16-14-12-10-8-6-4-2/h5,7,11,13,17,19,23-24,27,29,32-35,40,42,46-48,50-53,55-56,58-60H,3-4,6,8-10,12,14-16,18,20-22,25-26,28,30-31,36-39,41,43-45H2,1-2H3,(H,54,57)/b7-5-,13-11-,19-17-,24-23-,29-27-,34-32+,35-33-,42-40+. The summed E-state index contributed by atoms with van der Waals surface area (Å²) in [7, 11) is 0. The Morgan fingerprint density at radius 3 is 1.55 bits per heavy atom. The van der Waals surface area contributed by atoms with E-state index in [0.717, 1.165) is 70.6 Å². The molecular weight excluding hydrogens is 779 g/mol. The highest BCUT2D eigenvalue weighted by Gasteiger charge is 2.44. The number of allylic oxidation sites excluding steroid dienone is 15. The number of unbranched alkanes of at least 4 members (excludes halogenated alkanes) is 15. The molecule has 1 aliphatic rings. The number of hydrogen-bond acceptors (Lipinski definition) is 8. The molecule has 9 heteroatoms. The fourth-order valence-corrected chi connectivity index (χ4v) is 7.00. The van der Waals surface area contributed by atoms with E-state index in [9.17, 15) is 30.3 Å². The van der Waals surface area contributed by atoms with Gasteiger partial charge >= 0.3 is 0 Å². The SMILES string of the molecule is CC/C=C\C/C=C\C/C=C\C/C=C\C/C=C\C/C=C\CCCCC(=O)NC(COC1OC(CO)C(O)C(O)C1O)C(O)/C=C/CC/C=C/CCCCCCCCCCCCCC. The van der Waals surface area contributed by atoms with Crippen molar-refractivity contribution in [3.8, 4) is 0 Å². The van der Waals surface area contributed by atoms with E-state index in [1.807, 2.05) is 6.08 Å². The van der Waals surface area contributed by atoms with Crippen LogP contribution in [0, 0.1) is 0 Å². The lowest BCUT2D eigenvalue weighted by atomic mass is 9.99. The molecule has 1 rings (SSSR count). The average Bonchev–Trinajstić information content (AvgIpc) is 3.27. The molecule has 9 nitrogen and oxygen atoms in total. The summed E-state index contributed by atoms with van der Waals surface area (Å²) in [5.41, 5.74) is 0. The van der Waals surface area contributed by atoms with Crippen molar-refractivity contribution in [2.75, 3.05) is 13.2 Å². The van der Waals surface area contributed by atoms with Crippen LogP contribution in [0.4, 0.5) is 0 Å². The number of rotatable bonds is 39. The maximum atomic E-state index is 13.0. The molecule has 0 radical (unpaired) electrons. The van der Waals surface area contributed by atoms with Gasteiger partial charge in [-0.3, -0.25) is 4.79 Å². The molecule has 7 unspecified atom stereocenters. The first-order valence-corrected chi connectivity index (χ1v) is 24.5. The number of aliphatic hydroxyl groups is 5. The topological polar surface area (TPSA) is 149 Å². The van der Waals surface area contributed by atoms with Gasteiger partial charge in [0.05, 0.1) is 25.4 Å². The summed E-state index contributed by atoms with van der Waals surface area (Å²) >= 11 is 0. The summed E-state index contributed by atoms with van der Waals surface area (Å²) in [4.78, 5) is 13.0. The summed E-state index contributed by atoms with van der Waals surface area (Å²) in [5, 5.41) is 54.2. The molecule has 354 valence electrons. The zero-order valence-electron chi connectivity index (χ0n) is 38.8. The number of hydrogen-bond donors (Lipinski definition) is 6. The van der Waals surface area contributed by atoms with Crippen molar-refractivity contribution in [3.05, 3.63) is 97.2 Å². The Hall–Kier alpha value is -2.89. The summed E-state index contributed by atoms with van der Waals surface area (Å²) in [6.45, 7) is 3.60. The summed E-state index contributed by atoms with van der Waals surface area (Å²) < 4.78 is 11.2. The van der Waals surface area contributed by atoms with Crippen molar-refractivity contribution >= 4 is 5.91 Å². The first-order valence-electron chi connectivity index (χ1n) is 24.5. The van der Waals surface area contributed by atoms with Crippen molar-refractivity contribution in [1.29, 1.82) is 0 Å². The van der Waals surface area contributed by atoms with Gasteiger partial charge in [0.15, 0.2) is 6.29 Å². The van der Waals surface area contributed by atoms with Crippen molar-refractivity contribution in [3.63, 3.8) is 0 Å². The van der Waals surface area contributed by atoms with Gasteiger partial charge in [-0.2, -0.15) is 0 Å². The molecule has 0 aliphatic carbocycles. The molecule has 0 aromatic heterocycles. The van der Waals surface area contributed by atoms with E-state index < -0.39 is 49.5 Å². The number of aliphatic hydroxyl groups excluding tert-OH is 5. The highest BCUT2D eigenvalue weighted by molar-refractivity contribution is 5.76. The van der Waals surface area contributed by atoms with Crippen LogP contribution in [-0.4, -0.2) is 87.5 Å². The van der Waals surface area contributed by atoms with Crippen LogP contribution in [0.25, 0.3) is 0 Å². The van der Waals surface area contributed by atoms with Gasteiger partial charge in [-0.1, -0.05) is 182 Å². The van der Waals surface area contributed by atoms with E-state index in [1.54, 1.807) is 6.08 Å². The van der Waals surface area contributed by atoms with Crippen LogP contribution in [0.3, 0.4) is 0 Å². The molecule has 62 heavy (non-hydrogen) atoms. The second kappa shape index (κ2) is 42.1. The van der Waals surface area contributed by atoms with Gasteiger partial charge < -0.3 is 40.3 Å². The minimum atomic E-state index is -1.59. The first kappa shape index (κ1) is 57.1. The highest BCUT2D eigenvalue weighted by atomic mass is 16.7. The molecule has 0 saturated carbocycles. The lowest BCUT2D eigenvalue weighted by Gasteiger charge is -2.40. The molecule has 6 N–H and O–H groups in total. The van der Waals surface area contributed by atoms with Crippen LogP contribution in [-0.2, 0) is 14.3 Å². The fourth-order valence-electron chi connectivity index (χ4n) is 7.00. The third kappa shape index (κ3) is 31.9. The number of ether oxygens (including phenoxy) is 2. The Kier molecular flexibility index (Phi) is 38.8. The van der Waals surface area contributed by atoms with E-state index >= 15 is 0 Å². The highest BCUT2D eigenvalue weighted by Crippen LogP contribution is 2.22. The lowest BCUT2D eigenvalue weighted by molar-refractivity contribution is -0.302. The van der Waals surface area contributed by atoms with Crippen LogP contribution in [0.15, 0.2) is 97.2 Å². The maximum absolute atomic E-state index is 13.0. The predicted octanol–water partition coefficient (Wildman–Crippen LogP) is 10.9. The summed E-state index contributed by atoms with van der Waals surface area (Å²) in [5.74, 6) is -0.233. The van der Waals surface area contributed by atoms with Crippen LogP contribution in [0.2, 0.25) is 0 Å². The third-order valence-electron chi connectivity index (χ3n) is 10.9. The molecule has 0 aromatic carbocycles. The van der Waals surface area contributed by atoms with Crippen LogP contribution in [0.5, 0.6) is 0 Å². The quantitative estimate of drug-likeness (QED) is 0.0264. The van der Waals surface area contributed by atoms with Gasteiger partial charge in [0.1, 0.15) is 24.4 Å². The van der Waals surface area contributed by atoms with Crippen LogP contribution in [0.1, 0.15) is 174 Å². The molecular formula is C53H89NO8. The zero-order valence-corrected chi connectivity index (χ0v) is 38.8. The van der Waals surface area contributed by atoms with Crippen molar-refractivity contribution in [1.82, 2.24) is 5.32 Å². The minimum Gasteiger partial charge on any atom is -0.394 e. The van der Waals surface area contributed by atoms with Crippen LogP contribution < -0.4 is 5.32 Å². The number of carbonyl (C=O) groups is 1. The summed E-state index contributed by atoms with van der Waals surface area (Å²) in [6.07, 6.45) is 53.1. The van der Waals surface area contributed by atoms with Gasteiger partial charge in [-0.25, -0.2) is 0 Å². The second-order valence-corrected chi connectivity index (χ2v) is 16.5. The molecule has 1 aliphatic heterocycles. The van der Waals surface area contributed by atoms with Crippen LogP contribution >= 0.6 is 0 Å². The maximum Gasteiger partial charge on any atom is 0.220 e. The van der Waals surface area contributed by atoms with Crippen molar-refractivity contribution in [2.45, 2.75) is 217 Å². The minimum absolute atomic E-state index is 0.225. The Bertz CT molecular complexity index is 1280. The number of nitrogens with one attached hydrogen (secondary N) is 1. The van der Waals surface area contributed by atoms with E-state index in [0.29, 0.717) is 6.42 Å². The Morgan fingerprint density at radius 1 is 0.565 bits per heavy atom. The molecule has 1 amide bonds. The van der Waals surface area contributed by atoms with Crippen molar-refractivity contribution < 1.29 is 39.8 Å². The summed E-state index contributed by atoms with van der Waals surface area (Å²) in [6, 6.07) is -0.851. The monoisotopic (exact) mass is 868 g/mol. The first-order chi connectivity index (χ1) is 30.3. The van der Waals surface area contributed by atoms with E-state index in [4.69, 9.17) is 9.47 Å². The molecule has 1 saturated heterocycles. The largest absolute Gasteiger partial charge is 0.394 e. The van der Waals surface area contributed by atoms with E-state index in [2.05, 4.69) is 104 Å². The normalized spacial score (nSPS) is 21.2. The van der Waals surface area contributed by atoms with Crippen molar-refractivity contribution in [2.24, 2.45) is 0 Å². The van der Waals surface area contributed by atoms with E-state index in [-0.39, 0.29) is 18.9 Å². The Morgan fingerprint density at radius 2 is 1.02 bits per heavy atom. The zero-order chi connectivity index (χ0) is 45.1. The molecule has 0 aromatic rings. The number of carbonyl (C=O) groups excluding carboxylic acids is 1. The molecule has 1 heterocycles. The van der Waals surface area contributed by atoms with Gasteiger partial charge in [0, 0.05) is 6.42 Å². The van der Waals surface area contributed by atoms with Gasteiger partial charge in [0.2, 0.25) is 5.91 Å². The Labute approximate surface area is 377 Å². The number of amides is 1. The average molecular weight is 868 g/mol. The predicted molar refractivity (Wildman–Crippen MR) is 258 cm³/mol. The lowest BCUT2D eigenvalue weighted by Crippen LogP contribution is -2.60.